The first-order valence-corrected chi connectivity index (χ1v) is 9.96. The standard InChI is InChI=1S/C18H26IN3O2/c19-13-7-9-15(10-8-13)22-11-3-4-14(12-22)20-16-5-1-2-6-17(16)21-18(23)24/h7-10,14,16-17,20-21H,1-6,11-12H2,(H,23,24). The van der Waals surface area contributed by atoms with E-state index in [4.69, 9.17) is 5.11 Å². The van der Waals surface area contributed by atoms with Gasteiger partial charge in [0.1, 0.15) is 0 Å². The van der Waals surface area contributed by atoms with Crippen LogP contribution < -0.4 is 15.5 Å². The van der Waals surface area contributed by atoms with Crippen LogP contribution in [0, 0.1) is 3.57 Å². The smallest absolute Gasteiger partial charge is 0.404 e. The zero-order chi connectivity index (χ0) is 16.9. The lowest BCUT2D eigenvalue weighted by Gasteiger charge is -2.40. The van der Waals surface area contributed by atoms with Crippen LogP contribution in [0.2, 0.25) is 0 Å². The van der Waals surface area contributed by atoms with Gasteiger partial charge in [0, 0.05) is 40.5 Å². The molecule has 3 N–H and O–H groups in total. The number of hydrogen-bond donors (Lipinski definition) is 3. The Morgan fingerprint density at radius 2 is 1.79 bits per heavy atom. The van der Waals surface area contributed by atoms with Gasteiger partial charge in [0.05, 0.1) is 0 Å². The number of nitrogens with one attached hydrogen (secondary N) is 2. The van der Waals surface area contributed by atoms with Crippen LogP contribution in [0.1, 0.15) is 38.5 Å². The van der Waals surface area contributed by atoms with Gasteiger partial charge in [0.25, 0.3) is 0 Å². The van der Waals surface area contributed by atoms with Crippen molar-refractivity contribution in [3.8, 4) is 0 Å². The third-order valence-electron chi connectivity index (χ3n) is 5.14. The molecular weight excluding hydrogens is 417 g/mol. The van der Waals surface area contributed by atoms with Gasteiger partial charge in [-0.2, -0.15) is 0 Å². The molecule has 5 nitrogen and oxygen atoms in total. The summed E-state index contributed by atoms with van der Waals surface area (Å²) in [7, 11) is 0. The SMILES string of the molecule is O=C(O)NC1CCCCC1NC1CCCN(c2ccc(I)cc2)C1. The summed E-state index contributed by atoms with van der Waals surface area (Å²) in [5.41, 5.74) is 1.28. The Hall–Kier alpha value is -1.02. The van der Waals surface area contributed by atoms with E-state index in [1.165, 1.54) is 22.1 Å². The van der Waals surface area contributed by atoms with Gasteiger partial charge < -0.3 is 20.6 Å². The van der Waals surface area contributed by atoms with E-state index in [0.29, 0.717) is 6.04 Å². The Balaban J connectivity index is 1.59. The molecule has 24 heavy (non-hydrogen) atoms. The summed E-state index contributed by atoms with van der Waals surface area (Å²) in [6, 6.07) is 9.43. The minimum Gasteiger partial charge on any atom is -0.465 e. The minimum absolute atomic E-state index is 0.0462. The maximum Gasteiger partial charge on any atom is 0.404 e. The van der Waals surface area contributed by atoms with Crippen molar-refractivity contribution in [2.45, 2.75) is 56.7 Å². The van der Waals surface area contributed by atoms with E-state index in [-0.39, 0.29) is 12.1 Å². The van der Waals surface area contributed by atoms with E-state index < -0.39 is 6.09 Å². The van der Waals surface area contributed by atoms with Gasteiger partial charge in [-0.1, -0.05) is 12.8 Å². The largest absolute Gasteiger partial charge is 0.465 e. The highest BCUT2D eigenvalue weighted by Gasteiger charge is 2.30. The lowest BCUT2D eigenvalue weighted by atomic mass is 9.89. The highest BCUT2D eigenvalue weighted by atomic mass is 127. The first kappa shape index (κ1) is 17.8. The number of piperidine rings is 1. The molecule has 0 spiro atoms. The van der Waals surface area contributed by atoms with Crippen molar-refractivity contribution in [2.24, 2.45) is 0 Å². The summed E-state index contributed by atoms with van der Waals surface area (Å²) in [4.78, 5) is 13.5. The fourth-order valence-corrected chi connectivity index (χ4v) is 4.32. The van der Waals surface area contributed by atoms with Crippen LogP contribution in [0.25, 0.3) is 0 Å². The second-order valence-corrected chi connectivity index (χ2v) is 8.12. The molecule has 0 aromatic heterocycles. The second kappa shape index (κ2) is 8.38. The third-order valence-corrected chi connectivity index (χ3v) is 5.86. The fourth-order valence-electron chi connectivity index (χ4n) is 3.96. The molecular formula is C18H26IN3O2. The zero-order valence-electron chi connectivity index (χ0n) is 13.9. The molecule has 2 fully saturated rings. The number of carbonyl (C=O) groups is 1. The van der Waals surface area contributed by atoms with Crippen molar-refractivity contribution < 1.29 is 9.90 Å². The summed E-state index contributed by atoms with van der Waals surface area (Å²) in [5.74, 6) is 0. The zero-order valence-corrected chi connectivity index (χ0v) is 16.0. The van der Waals surface area contributed by atoms with E-state index in [2.05, 4.69) is 62.4 Å². The summed E-state index contributed by atoms with van der Waals surface area (Å²) < 4.78 is 1.26. The monoisotopic (exact) mass is 443 g/mol. The third kappa shape index (κ3) is 4.75. The Bertz CT molecular complexity index is 552. The van der Waals surface area contributed by atoms with Crippen molar-refractivity contribution in [3.63, 3.8) is 0 Å². The van der Waals surface area contributed by atoms with Gasteiger partial charge in [0.2, 0.25) is 0 Å². The molecule has 1 saturated heterocycles. The lowest BCUT2D eigenvalue weighted by Crippen LogP contribution is -2.57. The van der Waals surface area contributed by atoms with Crippen LogP contribution >= 0.6 is 22.6 Å². The molecule has 3 rings (SSSR count). The van der Waals surface area contributed by atoms with Gasteiger partial charge in [-0.3, -0.25) is 0 Å². The molecule has 1 amide bonds. The number of amides is 1. The number of carboxylic acid groups (broad SMARTS) is 1. The summed E-state index contributed by atoms with van der Waals surface area (Å²) in [6.07, 6.45) is 5.73. The molecule has 0 radical (unpaired) electrons. The molecule has 1 heterocycles. The number of hydrogen-bond acceptors (Lipinski definition) is 3. The van der Waals surface area contributed by atoms with E-state index in [1.807, 2.05) is 0 Å². The van der Waals surface area contributed by atoms with Crippen LogP contribution in [0.4, 0.5) is 10.5 Å². The van der Waals surface area contributed by atoms with Gasteiger partial charge >= 0.3 is 6.09 Å². The predicted molar refractivity (Wildman–Crippen MR) is 105 cm³/mol. The number of benzene rings is 1. The van der Waals surface area contributed by atoms with Crippen LogP contribution in [0.5, 0.6) is 0 Å². The number of nitrogens with zero attached hydrogens (tertiary/aromatic N) is 1. The van der Waals surface area contributed by atoms with Crippen molar-refractivity contribution in [2.75, 3.05) is 18.0 Å². The van der Waals surface area contributed by atoms with E-state index in [0.717, 1.165) is 38.8 Å². The topological polar surface area (TPSA) is 64.6 Å². The van der Waals surface area contributed by atoms with Gasteiger partial charge in [-0.05, 0) is 72.5 Å². The Morgan fingerprint density at radius 3 is 2.50 bits per heavy atom. The molecule has 2 aliphatic rings. The molecule has 3 unspecified atom stereocenters. The van der Waals surface area contributed by atoms with Crippen molar-refractivity contribution in [1.29, 1.82) is 0 Å². The second-order valence-electron chi connectivity index (χ2n) is 6.88. The quantitative estimate of drug-likeness (QED) is 0.625. The number of anilines is 1. The fraction of sp³-hybridized carbons (Fsp3) is 0.611. The average molecular weight is 443 g/mol. The van der Waals surface area contributed by atoms with Crippen LogP contribution in [-0.2, 0) is 0 Å². The Morgan fingerprint density at radius 1 is 1.08 bits per heavy atom. The molecule has 3 atom stereocenters. The van der Waals surface area contributed by atoms with E-state index in [1.54, 1.807) is 0 Å². The average Bonchev–Trinajstić information content (AvgIpc) is 2.57. The molecule has 1 saturated carbocycles. The first-order chi connectivity index (χ1) is 11.6. The van der Waals surface area contributed by atoms with Gasteiger partial charge in [0.15, 0.2) is 0 Å². The molecule has 1 aliphatic carbocycles. The van der Waals surface area contributed by atoms with E-state index >= 15 is 0 Å². The molecule has 1 aromatic rings. The maximum atomic E-state index is 11.0. The Kier molecular flexibility index (Phi) is 6.21. The summed E-state index contributed by atoms with van der Waals surface area (Å²) >= 11 is 2.33. The minimum atomic E-state index is -0.905. The van der Waals surface area contributed by atoms with Crippen LogP contribution in [-0.4, -0.2) is 42.4 Å². The van der Waals surface area contributed by atoms with Crippen LogP contribution in [0.3, 0.4) is 0 Å². The summed E-state index contributed by atoms with van der Waals surface area (Å²) in [5, 5.41) is 15.5. The number of halogens is 1. The van der Waals surface area contributed by atoms with E-state index in [9.17, 15) is 4.79 Å². The first-order valence-electron chi connectivity index (χ1n) is 8.88. The number of rotatable bonds is 4. The highest BCUT2D eigenvalue weighted by Crippen LogP contribution is 2.24. The van der Waals surface area contributed by atoms with Crippen molar-refractivity contribution >= 4 is 34.4 Å². The Labute approximate surface area is 157 Å². The molecule has 6 heteroatoms. The van der Waals surface area contributed by atoms with Gasteiger partial charge in [-0.25, -0.2) is 4.79 Å². The molecule has 0 bridgehead atoms. The predicted octanol–water partition coefficient (Wildman–Crippen LogP) is 3.43. The maximum absolute atomic E-state index is 11.0. The lowest BCUT2D eigenvalue weighted by molar-refractivity contribution is 0.176. The van der Waals surface area contributed by atoms with Gasteiger partial charge in [-0.15, -0.1) is 0 Å². The van der Waals surface area contributed by atoms with Crippen molar-refractivity contribution in [1.82, 2.24) is 10.6 Å². The summed E-state index contributed by atoms with van der Waals surface area (Å²) in [6.45, 7) is 2.09. The molecule has 1 aliphatic heterocycles. The normalized spacial score (nSPS) is 27.7. The highest BCUT2D eigenvalue weighted by molar-refractivity contribution is 14.1. The van der Waals surface area contributed by atoms with Crippen molar-refractivity contribution in [3.05, 3.63) is 27.8 Å². The molecule has 132 valence electrons. The van der Waals surface area contributed by atoms with Crippen LogP contribution in [0.15, 0.2) is 24.3 Å². The molecule has 1 aromatic carbocycles.